The van der Waals surface area contributed by atoms with Crippen LogP contribution in [0.25, 0.3) is 0 Å². The number of aryl methyl sites for hydroxylation is 1. The van der Waals surface area contributed by atoms with Crippen LogP contribution in [-0.4, -0.2) is 29.9 Å². The second-order valence-electron chi connectivity index (χ2n) is 4.50. The van der Waals surface area contributed by atoms with E-state index in [0.29, 0.717) is 0 Å². The molecule has 1 aromatic carbocycles. The van der Waals surface area contributed by atoms with Gasteiger partial charge in [-0.2, -0.15) is 0 Å². The average Bonchev–Trinajstić information content (AvgIpc) is 2.90. The number of nitrogens with zero attached hydrogens (tertiary/aromatic N) is 2. The molecule has 1 heterocycles. The number of methoxy groups -OCH3 is 1. The molecule has 0 aliphatic heterocycles. The fourth-order valence-corrected chi connectivity index (χ4v) is 2.45. The molecule has 0 saturated heterocycles. The first-order chi connectivity index (χ1) is 10.2. The number of imidazole rings is 1. The molecule has 0 bridgehead atoms. The molecule has 0 aliphatic rings. The molecule has 2 rings (SSSR count). The number of aromatic nitrogens is 2. The predicted octanol–water partition coefficient (Wildman–Crippen LogP) is 3.82. The van der Waals surface area contributed by atoms with Crippen LogP contribution in [0, 0.1) is 0 Å². The summed E-state index contributed by atoms with van der Waals surface area (Å²) in [5.41, 5.74) is 0.929. The first-order valence-electron chi connectivity index (χ1n) is 6.93. The topological polar surface area (TPSA) is 48.3 Å². The van der Waals surface area contributed by atoms with Crippen LogP contribution >= 0.6 is 15.9 Å². The first kappa shape index (κ1) is 15.9. The lowest BCUT2D eigenvalue weighted by atomic mass is 10.3. The minimum absolute atomic E-state index is 0.757. The molecule has 0 spiro atoms. The van der Waals surface area contributed by atoms with Crippen LogP contribution in [0.1, 0.15) is 13.3 Å². The molecule has 0 radical (unpaired) electrons. The summed E-state index contributed by atoms with van der Waals surface area (Å²) in [6.45, 7) is 4.39. The Morgan fingerprint density at radius 2 is 2.19 bits per heavy atom. The van der Waals surface area contributed by atoms with Crippen molar-refractivity contribution in [1.82, 2.24) is 9.55 Å². The van der Waals surface area contributed by atoms with Gasteiger partial charge in [0, 0.05) is 48.4 Å². The molecule has 6 heteroatoms. The molecule has 2 aromatic rings. The van der Waals surface area contributed by atoms with E-state index < -0.39 is 0 Å². The highest BCUT2D eigenvalue weighted by Gasteiger charge is 2.05. The third kappa shape index (κ3) is 4.75. The summed E-state index contributed by atoms with van der Waals surface area (Å²) in [7, 11) is 1.65. The van der Waals surface area contributed by atoms with Crippen LogP contribution in [0.3, 0.4) is 0 Å². The fraction of sp³-hybridized carbons (Fsp3) is 0.400. The molecule has 0 saturated carbocycles. The summed E-state index contributed by atoms with van der Waals surface area (Å²) in [6.07, 6.45) is 4.71. The molecule has 1 aromatic heterocycles. The van der Waals surface area contributed by atoms with Crippen molar-refractivity contribution in [2.45, 2.75) is 19.9 Å². The zero-order chi connectivity index (χ0) is 15.1. The summed E-state index contributed by atoms with van der Waals surface area (Å²) < 4.78 is 13.7. The highest BCUT2D eigenvalue weighted by Crippen LogP contribution is 2.26. The number of hydrogen-bond donors (Lipinski definition) is 1. The van der Waals surface area contributed by atoms with Gasteiger partial charge in [-0.25, -0.2) is 4.98 Å². The van der Waals surface area contributed by atoms with Crippen molar-refractivity contribution >= 4 is 27.6 Å². The molecule has 21 heavy (non-hydrogen) atoms. The maximum atomic E-state index is 5.36. The molecular weight excluding hydrogens is 334 g/mol. The third-order valence-corrected chi connectivity index (χ3v) is 3.43. The van der Waals surface area contributed by atoms with Crippen LogP contribution < -0.4 is 10.1 Å². The van der Waals surface area contributed by atoms with Crippen molar-refractivity contribution in [1.29, 1.82) is 0 Å². The predicted molar refractivity (Wildman–Crippen MR) is 87.3 cm³/mol. The van der Waals surface area contributed by atoms with Crippen molar-refractivity contribution < 1.29 is 9.47 Å². The second kappa shape index (κ2) is 8.05. The smallest absolute Gasteiger partial charge is 0.207 e. The fourth-order valence-electron chi connectivity index (χ4n) is 1.98. The molecule has 114 valence electrons. The highest BCUT2D eigenvalue weighted by atomic mass is 79.9. The van der Waals surface area contributed by atoms with E-state index in [4.69, 9.17) is 9.47 Å². The van der Waals surface area contributed by atoms with Crippen molar-refractivity contribution in [3.8, 4) is 5.75 Å². The number of ether oxygens (including phenoxy) is 2. The SMILES string of the molecule is CCOCCCn1ccnc1Nc1cc(Br)cc(OC)c1. The van der Waals surface area contributed by atoms with Gasteiger partial charge in [0.25, 0.3) is 0 Å². The molecular formula is C15H20BrN3O2. The lowest BCUT2D eigenvalue weighted by molar-refractivity contribution is 0.142. The van der Waals surface area contributed by atoms with Gasteiger partial charge < -0.3 is 19.4 Å². The minimum atomic E-state index is 0.757. The Labute approximate surface area is 133 Å². The lowest BCUT2D eigenvalue weighted by Crippen LogP contribution is -2.06. The Balaban J connectivity index is 2.03. The number of anilines is 2. The maximum absolute atomic E-state index is 5.36. The van der Waals surface area contributed by atoms with E-state index in [2.05, 4.69) is 30.8 Å². The van der Waals surface area contributed by atoms with Gasteiger partial charge in [0.1, 0.15) is 5.75 Å². The first-order valence-corrected chi connectivity index (χ1v) is 7.72. The van der Waals surface area contributed by atoms with E-state index in [9.17, 15) is 0 Å². The summed E-state index contributed by atoms with van der Waals surface area (Å²) in [6, 6.07) is 5.84. The zero-order valence-corrected chi connectivity index (χ0v) is 13.9. The van der Waals surface area contributed by atoms with E-state index in [-0.39, 0.29) is 0 Å². The highest BCUT2D eigenvalue weighted by molar-refractivity contribution is 9.10. The largest absolute Gasteiger partial charge is 0.497 e. The summed E-state index contributed by atoms with van der Waals surface area (Å²) in [5, 5.41) is 3.31. The quantitative estimate of drug-likeness (QED) is 0.732. The summed E-state index contributed by atoms with van der Waals surface area (Å²) in [5.74, 6) is 1.60. The lowest BCUT2D eigenvalue weighted by Gasteiger charge is -2.11. The Morgan fingerprint density at radius 1 is 1.33 bits per heavy atom. The van der Waals surface area contributed by atoms with E-state index >= 15 is 0 Å². The number of nitrogens with one attached hydrogen (secondary N) is 1. The van der Waals surface area contributed by atoms with Gasteiger partial charge in [0.05, 0.1) is 7.11 Å². The molecule has 5 nitrogen and oxygen atoms in total. The molecule has 0 atom stereocenters. The molecule has 0 amide bonds. The van der Waals surface area contributed by atoms with Gasteiger partial charge >= 0.3 is 0 Å². The molecule has 0 unspecified atom stereocenters. The van der Waals surface area contributed by atoms with Crippen LogP contribution in [0.2, 0.25) is 0 Å². The van der Waals surface area contributed by atoms with Crippen molar-refractivity contribution in [3.63, 3.8) is 0 Å². The molecule has 0 aliphatic carbocycles. The number of hydrogen-bond acceptors (Lipinski definition) is 4. The molecule has 0 fully saturated rings. The van der Waals surface area contributed by atoms with E-state index in [0.717, 1.165) is 48.0 Å². The Morgan fingerprint density at radius 3 is 2.95 bits per heavy atom. The minimum Gasteiger partial charge on any atom is -0.497 e. The monoisotopic (exact) mass is 353 g/mol. The maximum Gasteiger partial charge on any atom is 0.207 e. The normalized spacial score (nSPS) is 10.6. The van der Waals surface area contributed by atoms with Gasteiger partial charge in [-0.1, -0.05) is 15.9 Å². The number of rotatable bonds is 8. The van der Waals surface area contributed by atoms with Crippen LogP contribution in [0.15, 0.2) is 35.1 Å². The van der Waals surface area contributed by atoms with E-state index in [1.807, 2.05) is 31.3 Å². The van der Waals surface area contributed by atoms with Crippen molar-refractivity contribution in [2.24, 2.45) is 0 Å². The van der Waals surface area contributed by atoms with Crippen molar-refractivity contribution in [3.05, 3.63) is 35.1 Å². The average molecular weight is 354 g/mol. The van der Waals surface area contributed by atoms with Crippen LogP contribution in [0.4, 0.5) is 11.6 Å². The van der Waals surface area contributed by atoms with Crippen LogP contribution in [0.5, 0.6) is 5.75 Å². The van der Waals surface area contributed by atoms with E-state index in [1.54, 1.807) is 13.3 Å². The molecule has 1 N–H and O–H groups in total. The number of halogens is 1. The van der Waals surface area contributed by atoms with E-state index in [1.165, 1.54) is 0 Å². The van der Waals surface area contributed by atoms with Gasteiger partial charge in [0.2, 0.25) is 5.95 Å². The number of benzene rings is 1. The Hall–Kier alpha value is -1.53. The van der Waals surface area contributed by atoms with Gasteiger partial charge in [0.15, 0.2) is 0 Å². The summed E-state index contributed by atoms with van der Waals surface area (Å²) >= 11 is 3.47. The van der Waals surface area contributed by atoms with Crippen LogP contribution in [-0.2, 0) is 11.3 Å². The second-order valence-corrected chi connectivity index (χ2v) is 5.42. The zero-order valence-electron chi connectivity index (χ0n) is 12.3. The van der Waals surface area contributed by atoms with Gasteiger partial charge in [-0.3, -0.25) is 0 Å². The Kier molecular flexibility index (Phi) is 6.07. The standard InChI is InChI=1S/C15H20BrN3O2/c1-3-21-8-4-6-19-7-5-17-15(19)18-13-9-12(16)10-14(11-13)20-2/h5,7,9-11H,3-4,6,8H2,1-2H3,(H,17,18). The summed E-state index contributed by atoms with van der Waals surface area (Å²) in [4.78, 5) is 4.35. The van der Waals surface area contributed by atoms with Gasteiger partial charge in [-0.05, 0) is 25.5 Å². The third-order valence-electron chi connectivity index (χ3n) is 2.97. The Bertz CT molecular complexity index is 572. The van der Waals surface area contributed by atoms with Crippen molar-refractivity contribution in [2.75, 3.05) is 25.6 Å². The van der Waals surface area contributed by atoms with Gasteiger partial charge in [-0.15, -0.1) is 0 Å².